The van der Waals surface area contributed by atoms with Gasteiger partial charge in [-0.15, -0.1) is 0 Å². The maximum atomic E-state index is 12.3. The van der Waals surface area contributed by atoms with Crippen molar-refractivity contribution in [2.75, 3.05) is 39.1 Å². The Labute approximate surface area is 140 Å². The minimum Gasteiger partial charge on any atom is -0.497 e. The zero-order chi connectivity index (χ0) is 17.7. The van der Waals surface area contributed by atoms with Gasteiger partial charge in [0.15, 0.2) is 0 Å². The van der Waals surface area contributed by atoms with Gasteiger partial charge in [0, 0.05) is 24.8 Å². The van der Waals surface area contributed by atoms with E-state index in [-0.39, 0.29) is 24.4 Å². The van der Waals surface area contributed by atoms with E-state index in [1.807, 2.05) is 0 Å². The molecule has 1 aliphatic heterocycles. The molecule has 0 unspecified atom stereocenters. The van der Waals surface area contributed by atoms with Crippen LogP contribution in [0.3, 0.4) is 0 Å². The van der Waals surface area contributed by atoms with E-state index in [4.69, 9.17) is 4.74 Å². The number of imide groups is 1. The van der Waals surface area contributed by atoms with E-state index in [9.17, 15) is 14.4 Å². The second-order valence-electron chi connectivity index (χ2n) is 5.59. The molecule has 1 aromatic carbocycles. The summed E-state index contributed by atoms with van der Waals surface area (Å²) in [6.45, 7) is 2.51. The van der Waals surface area contributed by atoms with Crippen molar-refractivity contribution in [3.8, 4) is 5.75 Å². The number of rotatable bonds is 6. The van der Waals surface area contributed by atoms with Gasteiger partial charge in [-0.2, -0.15) is 0 Å². The van der Waals surface area contributed by atoms with Gasteiger partial charge in [-0.25, -0.2) is 4.79 Å². The van der Waals surface area contributed by atoms with Gasteiger partial charge >= 0.3 is 6.03 Å². The van der Waals surface area contributed by atoms with Crippen LogP contribution in [0.5, 0.6) is 5.75 Å². The number of nitrogens with zero attached hydrogens (tertiary/aromatic N) is 2. The van der Waals surface area contributed by atoms with Crippen molar-refractivity contribution in [3.63, 3.8) is 0 Å². The van der Waals surface area contributed by atoms with Crippen molar-refractivity contribution < 1.29 is 19.1 Å². The second-order valence-corrected chi connectivity index (χ2v) is 5.59. The first kappa shape index (κ1) is 17.7. The van der Waals surface area contributed by atoms with Crippen LogP contribution in [-0.4, -0.2) is 67.5 Å². The lowest BCUT2D eigenvalue weighted by Gasteiger charge is -2.26. The van der Waals surface area contributed by atoms with Gasteiger partial charge in [0.05, 0.1) is 19.7 Å². The number of amides is 4. The molecule has 0 saturated carbocycles. The van der Waals surface area contributed by atoms with Crippen LogP contribution in [0.15, 0.2) is 24.3 Å². The lowest BCUT2D eigenvalue weighted by atomic mass is 10.2. The Morgan fingerprint density at radius 1 is 1.46 bits per heavy atom. The van der Waals surface area contributed by atoms with Crippen LogP contribution >= 0.6 is 0 Å². The first-order valence-corrected chi connectivity index (χ1v) is 7.65. The smallest absolute Gasteiger partial charge is 0.324 e. The van der Waals surface area contributed by atoms with Crippen LogP contribution < -0.4 is 15.4 Å². The maximum Gasteiger partial charge on any atom is 0.324 e. The Morgan fingerprint density at radius 2 is 2.21 bits per heavy atom. The summed E-state index contributed by atoms with van der Waals surface area (Å²) in [5, 5.41) is 5.34. The van der Waals surface area contributed by atoms with E-state index in [1.54, 1.807) is 50.2 Å². The Morgan fingerprint density at radius 3 is 2.83 bits per heavy atom. The van der Waals surface area contributed by atoms with E-state index in [0.717, 1.165) is 0 Å². The summed E-state index contributed by atoms with van der Waals surface area (Å²) in [5.41, 5.74) is 0.616. The van der Waals surface area contributed by atoms with Crippen molar-refractivity contribution in [3.05, 3.63) is 24.3 Å². The van der Waals surface area contributed by atoms with E-state index < -0.39 is 6.04 Å². The summed E-state index contributed by atoms with van der Waals surface area (Å²) in [6, 6.07) is 6.05. The molecule has 1 saturated heterocycles. The molecular formula is C16H22N4O4. The minimum absolute atomic E-state index is 0.0274. The molecule has 24 heavy (non-hydrogen) atoms. The van der Waals surface area contributed by atoms with Crippen LogP contribution in [-0.2, 0) is 9.59 Å². The van der Waals surface area contributed by atoms with Crippen molar-refractivity contribution >= 4 is 23.5 Å². The molecule has 1 atom stereocenters. The van der Waals surface area contributed by atoms with Gasteiger partial charge in [0.2, 0.25) is 11.8 Å². The Kier molecular flexibility index (Phi) is 5.75. The fraction of sp³-hybridized carbons (Fsp3) is 0.438. The first-order chi connectivity index (χ1) is 11.4. The molecule has 0 spiro atoms. The van der Waals surface area contributed by atoms with Gasteiger partial charge in [-0.3, -0.25) is 19.4 Å². The highest BCUT2D eigenvalue weighted by atomic mass is 16.5. The average Bonchev–Trinajstić information content (AvgIpc) is 2.99. The predicted octanol–water partition coefficient (Wildman–Crippen LogP) is 0.506. The SMILES string of the molecule is COc1cccc(NC(=O)CN(C)[C@@H](C)C(=O)N2CCNC2=O)c1. The predicted molar refractivity (Wildman–Crippen MR) is 88.8 cm³/mol. The molecule has 4 amide bonds. The van der Waals surface area contributed by atoms with E-state index in [0.29, 0.717) is 24.5 Å². The quantitative estimate of drug-likeness (QED) is 0.791. The van der Waals surface area contributed by atoms with Gasteiger partial charge in [-0.05, 0) is 26.1 Å². The van der Waals surface area contributed by atoms with Gasteiger partial charge in [0.1, 0.15) is 5.75 Å². The van der Waals surface area contributed by atoms with Crippen molar-refractivity contribution in [2.45, 2.75) is 13.0 Å². The fourth-order valence-electron chi connectivity index (χ4n) is 2.36. The summed E-state index contributed by atoms with van der Waals surface area (Å²) >= 11 is 0. The number of urea groups is 1. The lowest BCUT2D eigenvalue weighted by Crippen LogP contribution is -2.48. The highest BCUT2D eigenvalue weighted by Crippen LogP contribution is 2.16. The number of likely N-dealkylation sites (N-methyl/N-ethyl adjacent to an activating group) is 1. The second kappa shape index (κ2) is 7.78. The third-order valence-electron chi connectivity index (χ3n) is 3.89. The molecule has 2 rings (SSSR count). The fourth-order valence-corrected chi connectivity index (χ4v) is 2.36. The third-order valence-corrected chi connectivity index (χ3v) is 3.89. The molecule has 1 fully saturated rings. The summed E-state index contributed by atoms with van der Waals surface area (Å²) < 4.78 is 5.10. The number of carbonyl (C=O) groups excluding carboxylic acids is 3. The summed E-state index contributed by atoms with van der Waals surface area (Å²) in [4.78, 5) is 38.8. The topological polar surface area (TPSA) is 91.0 Å². The molecular weight excluding hydrogens is 312 g/mol. The van der Waals surface area contributed by atoms with Crippen molar-refractivity contribution in [1.29, 1.82) is 0 Å². The number of anilines is 1. The molecule has 1 heterocycles. The molecule has 0 aliphatic carbocycles. The Bertz CT molecular complexity index is 634. The number of benzene rings is 1. The summed E-state index contributed by atoms with van der Waals surface area (Å²) in [5.74, 6) is 0.0719. The molecule has 0 aromatic heterocycles. The van der Waals surface area contributed by atoms with Crippen LogP contribution in [0.25, 0.3) is 0 Å². The van der Waals surface area contributed by atoms with Gasteiger partial charge in [-0.1, -0.05) is 6.07 Å². The largest absolute Gasteiger partial charge is 0.497 e. The molecule has 2 N–H and O–H groups in total. The van der Waals surface area contributed by atoms with E-state index in [1.165, 1.54) is 4.90 Å². The molecule has 8 nitrogen and oxygen atoms in total. The Balaban J connectivity index is 1.90. The lowest BCUT2D eigenvalue weighted by molar-refractivity contribution is -0.132. The Hall–Kier alpha value is -2.61. The molecule has 1 aliphatic rings. The van der Waals surface area contributed by atoms with Crippen LogP contribution in [0.1, 0.15) is 6.92 Å². The molecule has 0 bridgehead atoms. The number of ether oxygens (including phenoxy) is 1. The number of hydrogen-bond donors (Lipinski definition) is 2. The number of nitrogens with one attached hydrogen (secondary N) is 2. The molecule has 130 valence electrons. The summed E-state index contributed by atoms with van der Waals surface area (Å²) in [7, 11) is 3.22. The highest BCUT2D eigenvalue weighted by molar-refractivity contribution is 5.98. The van der Waals surface area contributed by atoms with E-state index in [2.05, 4.69) is 10.6 Å². The maximum absolute atomic E-state index is 12.3. The van der Waals surface area contributed by atoms with Gasteiger partial charge < -0.3 is 15.4 Å². The van der Waals surface area contributed by atoms with Crippen molar-refractivity contribution in [2.24, 2.45) is 0 Å². The van der Waals surface area contributed by atoms with Crippen LogP contribution in [0.2, 0.25) is 0 Å². The average molecular weight is 334 g/mol. The number of carbonyl (C=O) groups is 3. The summed E-state index contributed by atoms with van der Waals surface area (Å²) in [6.07, 6.45) is 0. The molecule has 1 aromatic rings. The normalized spacial score (nSPS) is 15.2. The standard InChI is InChI=1S/C16H22N4O4/c1-11(15(22)20-8-7-17-16(20)23)19(2)10-14(21)18-12-5-4-6-13(9-12)24-3/h4-6,9,11H,7-8,10H2,1-3H3,(H,17,23)(H,18,21)/t11-/m0/s1. The van der Waals surface area contributed by atoms with Crippen LogP contribution in [0, 0.1) is 0 Å². The zero-order valence-corrected chi connectivity index (χ0v) is 14.0. The highest BCUT2D eigenvalue weighted by Gasteiger charge is 2.31. The van der Waals surface area contributed by atoms with Crippen molar-refractivity contribution in [1.82, 2.24) is 15.1 Å². The monoisotopic (exact) mass is 334 g/mol. The number of methoxy groups -OCH3 is 1. The van der Waals surface area contributed by atoms with Gasteiger partial charge in [0.25, 0.3) is 0 Å². The van der Waals surface area contributed by atoms with Crippen LogP contribution in [0.4, 0.5) is 10.5 Å². The minimum atomic E-state index is -0.579. The molecule has 0 radical (unpaired) electrons. The zero-order valence-electron chi connectivity index (χ0n) is 14.0. The first-order valence-electron chi connectivity index (χ1n) is 7.65. The third kappa shape index (κ3) is 4.23. The van der Waals surface area contributed by atoms with E-state index >= 15 is 0 Å². The molecule has 8 heteroatoms. The number of hydrogen-bond acceptors (Lipinski definition) is 5.